The molecule has 0 unspecified atom stereocenters. The Hall–Kier alpha value is -4.99. The van der Waals surface area contributed by atoms with E-state index in [9.17, 15) is 18.4 Å². The number of carbonyl (C=O) groups excluding carboxylic acids is 2. The van der Waals surface area contributed by atoms with Crippen molar-refractivity contribution < 1.29 is 23.1 Å². The molecule has 4 aromatic rings. The minimum absolute atomic E-state index is 0.0996. The van der Waals surface area contributed by atoms with Gasteiger partial charge in [-0.1, -0.05) is 0 Å². The number of hydrogen-bond acceptors (Lipinski definition) is 5. The third-order valence-electron chi connectivity index (χ3n) is 5.92. The van der Waals surface area contributed by atoms with Gasteiger partial charge in [-0.2, -0.15) is 0 Å². The number of nitrogen functional groups attached to an aromatic ring is 1. The summed E-state index contributed by atoms with van der Waals surface area (Å²) >= 11 is 0. The summed E-state index contributed by atoms with van der Waals surface area (Å²) in [5.74, 6) is -1.99. The summed E-state index contributed by atoms with van der Waals surface area (Å²) in [4.78, 5) is 24.7. The van der Waals surface area contributed by atoms with Crippen molar-refractivity contribution >= 4 is 53.4 Å². The Kier molecular flexibility index (Phi) is 8.05. The summed E-state index contributed by atoms with van der Waals surface area (Å²) in [7, 11) is 7.75. The summed E-state index contributed by atoms with van der Waals surface area (Å²) in [6, 6.07) is 19.3. The fourth-order valence-corrected chi connectivity index (χ4v) is 3.93. The van der Waals surface area contributed by atoms with Gasteiger partial charge >= 0.3 is 225 Å². The van der Waals surface area contributed by atoms with Crippen LogP contribution < -0.4 is 21.7 Å². The van der Waals surface area contributed by atoms with Crippen LogP contribution in [0.15, 0.2) is 78.9 Å². The van der Waals surface area contributed by atoms with Gasteiger partial charge in [0.2, 0.25) is 0 Å². The number of esters is 1. The van der Waals surface area contributed by atoms with Crippen LogP contribution in [0.5, 0.6) is 0 Å². The predicted molar refractivity (Wildman–Crippen MR) is 151 cm³/mol. The number of nitrogens with one attached hydrogen (secondary N) is 3. The van der Waals surface area contributed by atoms with E-state index in [2.05, 4.69) is 16.0 Å². The second kappa shape index (κ2) is 11.6. The molecule has 0 heterocycles. The molecule has 0 atom stereocenters. The van der Waals surface area contributed by atoms with Crippen molar-refractivity contribution in [2.24, 2.45) is 0 Å². The van der Waals surface area contributed by atoms with Gasteiger partial charge in [0.1, 0.15) is 0 Å². The number of ether oxygens (including phenoxy) is 1. The van der Waals surface area contributed by atoms with Crippen molar-refractivity contribution in [3.63, 3.8) is 0 Å². The second-order valence-corrected chi connectivity index (χ2v) is 8.61. The van der Waals surface area contributed by atoms with E-state index in [1.165, 1.54) is 13.2 Å². The zero-order valence-corrected chi connectivity index (χ0v) is 21.1. The topological polar surface area (TPSA) is 105 Å². The average Bonchev–Trinajstić information content (AvgIpc) is 2.91. The van der Waals surface area contributed by atoms with E-state index < -0.39 is 23.6 Å². The Morgan fingerprint density at radius 2 is 1.56 bits per heavy atom. The van der Waals surface area contributed by atoms with Crippen molar-refractivity contribution in [2.45, 2.75) is 6.92 Å². The predicted octanol–water partition coefficient (Wildman–Crippen LogP) is 5.77. The van der Waals surface area contributed by atoms with E-state index in [0.29, 0.717) is 39.3 Å². The van der Waals surface area contributed by atoms with Crippen LogP contribution >= 0.6 is 0 Å². The second-order valence-electron chi connectivity index (χ2n) is 8.61. The van der Waals surface area contributed by atoms with E-state index >= 15 is 0 Å². The molecule has 0 bridgehead atoms. The van der Waals surface area contributed by atoms with Crippen LogP contribution in [0, 0.1) is 18.6 Å². The van der Waals surface area contributed by atoms with Gasteiger partial charge in [0.25, 0.3) is 0 Å². The molecule has 0 aliphatic heterocycles. The Morgan fingerprint density at radius 3 is 2.28 bits per heavy atom. The van der Waals surface area contributed by atoms with Crippen molar-refractivity contribution in [3.8, 4) is 0 Å². The Morgan fingerprint density at radius 1 is 0.821 bits per heavy atom. The number of hydrogen-bond donors (Lipinski definition) is 4. The maximum atomic E-state index is 14.0. The minimum atomic E-state index is -0.735. The monoisotopic (exact) mass is 525 g/mol. The SMILES string of the molecule is [B]=C(c1cc(NC(=O)Nc2ccccc2C(=O)OC)ccc1C)c1ccc(Nc2ccc(F)cc2F)cc1N. The first-order valence-corrected chi connectivity index (χ1v) is 11.8. The fraction of sp³-hybridized carbons (Fsp3) is 0.0690. The Labute approximate surface area is 225 Å². The Balaban J connectivity index is 1.51. The van der Waals surface area contributed by atoms with Crippen LogP contribution in [0.2, 0.25) is 0 Å². The molecular formula is C29H24BF2N4O3. The number of urea groups is 1. The number of para-hydroxylation sites is 1. The number of nitrogens with two attached hydrogens (primary N) is 1. The molecule has 195 valence electrons. The van der Waals surface area contributed by atoms with E-state index in [0.717, 1.165) is 17.7 Å². The third kappa shape index (κ3) is 6.30. The van der Waals surface area contributed by atoms with Crippen molar-refractivity contribution in [1.82, 2.24) is 0 Å². The number of methoxy groups -OCH3 is 1. The van der Waals surface area contributed by atoms with Crippen LogP contribution in [0.1, 0.15) is 27.0 Å². The van der Waals surface area contributed by atoms with Crippen LogP contribution in [0.3, 0.4) is 0 Å². The van der Waals surface area contributed by atoms with Crippen molar-refractivity contribution in [1.29, 1.82) is 0 Å². The van der Waals surface area contributed by atoms with E-state index in [1.54, 1.807) is 60.7 Å². The molecule has 0 aliphatic rings. The molecule has 0 saturated heterocycles. The quantitative estimate of drug-likeness (QED) is 0.139. The van der Waals surface area contributed by atoms with E-state index in [-0.39, 0.29) is 11.3 Å². The van der Waals surface area contributed by atoms with Gasteiger partial charge in [0, 0.05) is 0 Å². The molecule has 5 N–H and O–H groups in total. The standard InChI is InChI=1S/C29H24BF2N4O3/c1-16-7-9-18(35-29(38)36-25-6-4-3-5-21(25)28(37)39-2)14-22(16)27(30)20-11-10-19(15-24(20)33)34-26-12-8-17(31)13-23(26)32/h3-15,34H,33H2,1-2H3,(H2,35,36,38). The van der Waals surface area contributed by atoms with Crippen molar-refractivity contribution in [2.75, 3.05) is 28.8 Å². The summed E-state index contributed by atoms with van der Waals surface area (Å²) in [5.41, 5.74) is 10.5. The molecule has 4 aromatic carbocycles. The van der Waals surface area contributed by atoms with E-state index in [1.807, 2.05) is 6.92 Å². The van der Waals surface area contributed by atoms with Gasteiger partial charge in [-0.25, -0.2) is 0 Å². The molecule has 7 nitrogen and oxygen atoms in total. The van der Waals surface area contributed by atoms with Crippen LogP contribution in [0.25, 0.3) is 0 Å². The number of aryl methyl sites for hydroxylation is 1. The van der Waals surface area contributed by atoms with Gasteiger partial charge in [-0.15, -0.1) is 0 Å². The number of halogens is 2. The first-order valence-electron chi connectivity index (χ1n) is 11.8. The van der Waals surface area contributed by atoms with Gasteiger partial charge in [0.05, 0.1) is 0 Å². The summed E-state index contributed by atoms with van der Waals surface area (Å²) in [6.45, 7) is 1.86. The zero-order valence-electron chi connectivity index (χ0n) is 21.1. The molecule has 0 aromatic heterocycles. The number of benzene rings is 4. The first-order chi connectivity index (χ1) is 18.7. The summed E-state index contributed by atoms with van der Waals surface area (Å²) < 4.78 is 32.0. The number of anilines is 5. The molecular weight excluding hydrogens is 501 g/mol. The van der Waals surface area contributed by atoms with Gasteiger partial charge in [-0.3, -0.25) is 0 Å². The van der Waals surface area contributed by atoms with Gasteiger partial charge in [-0.05, 0) is 0 Å². The molecule has 0 spiro atoms. The number of carbonyl (C=O) groups is 2. The maximum absolute atomic E-state index is 14.0. The summed E-state index contributed by atoms with van der Waals surface area (Å²) in [6.07, 6.45) is 0. The van der Waals surface area contributed by atoms with Crippen LogP contribution in [0.4, 0.5) is 42.0 Å². The molecule has 4 rings (SSSR count). The molecule has 0 saturated carbocycles. The zero-order chi connectivity index (χ0) is 28.1. The molecule has 39 heavy (non-hydrogen) atoms. The van der Waals surface area contributed by atoms with Gasteiger partial charge in [0.15, 0.2) is 0 Å². The first kappa shape index (κ1) is 27.1. The molecule has 1 radical (unpaired) electrons. The number of amides is 2. The molecule has 0 fully saturated rings. The van der Waals surface area contributed by atoms with Crippen LogP contribution in [-0.2, 0) is 4.74 Å². The summed E-state index contributed by atoms with van der Waals surface area (Å²) in [5, 5.41) is 8.25. The number of rotatable bonds is 7. The van der Waals surface area contributed by atoms with Crippen LogP contribution in [-0.4, -0.2) is 32.1 Å². The molecule has 2 amide bonds. The molecule has 0 aliphatic carbocycles. The van der Waals surface area contributed by atoms with Crippen molar-refractivity contribution in [3.05, 3.63) is 113 Å². The average molecular weight is 525 g/mol. The molecule has 10 heteroatoms. The van der Waals surface area contributed by atoms with E-state index in [4.69, 9.17) is 18.0 Å². The Bertz CT molecular complexity index is 1590. The normalized spacial score (nSPS) is 10.4. The fourth-order valence-electron chi connectivity index (χ4n) is 3.93. The van der Waals surface area contributed by atoms with Gasteiger partial charge < -0.3 is 0 Å². The third-order valence-corrected chi connectivity index (χ3v) is 5.92.